The number of carboxylic acids is 1. The summed E-state index contributed by atoms with van der Waals surface area (Å²) in [5.41, 5.74) is 3.60. The monoisotopic (exact) mass is 554 g/mol. The number of hydrogen-bond donors (Lipinski definition) is 1. The van der Waals surface area contributed by atoms with E-state index in [1.54, 1.807) is 0 Å². The standard InChI is InChI=1S/C30H42O6Si2/c1-29(2,3)37(7,8)35-19-12-14-22-24(15-19)33-18-23-21-13-11-20(36-38(9,10)30(4,5)6)16-25(21)34-26(28(22)23)17-27(31)32/h11-16,26H,17-18H2,1-10H3,(H,31,32). The zero-order valence-corrected chi connectivity index (χ0v) is 26.4. The zero-order chi connectivity index (χ0) is 28.3. The maximum Gasteiger partial charge on any atom is 0.307 e. The Balaban J connectivity index is 1.74. The summed E-state index contributed by atoms with van der Waals surface area (Å²) in [6.07, 6.45) is -0.777. The lowest BCUT2D eigenvalue weighted by atomic mass is 9.85. The second-order valence-electron chi connectivity index (χ2n) is 13.4. The third kappa shape index (κ3) is 5.38. The number of fused-ring (bicyclic) bond motifs is 4. The normalized spacial score (nSPS) is 17.5. The molecule has 0 aliphatic carbocycles. The highest BCUT2D eigenvalue weighted by Crippen LogP contribution is 2.49. The molecule has 0 spiro atoms. The summed E-state index contributed by atoms with van der Waals surface area (Å²) < 4.78 is 25.6. The van der Waals surface area contributed by atoms with Crippen molar-refractivity contribution in [3.05, 3.63) is 47.5 Å². The Labute approximate surface area is 229 Å². The van der Waals surface area contributed by atoms with Crippen molar-refractivity contribution < 1.29 is 28.2 Å². The molecule has 8 heteroatoms. The minimum atomic E-state index is -2.05. The first-order chi connectivity index (χ1) is 17.4. The van der Waals surface area contributed by atoms with Crippen LogP contribution in [-0.4, -0.2) is 40.4 Å². The molecule has 2 aliphatic heterocycles. The van der Waals surface area contributed by atoms with Crippen LogP contribution in [0.5, 0.6) is 23.0 Å². The maximum atomic E-state index is 11.9. The number of carboxylic acid groups (broad SMARTS) is 1. The maximum absolute atomic E-state index is 11.9. The van der Waals surface area contributed by atoms with Crippen LogP contribution in [0.25, 0.3) is 11.1 Å². The number of carbonyl (C=O) groups is 1. The molecule has 2 aromatic carbocycles. The minimum absolute atomic E-state index is 0.0549. The third-order valence-electron chi connectivity index (χ3n) is 8.53. The quantitative estimate of drug-likeness (QED) is 0.365. The Bertz CT molecular complexity index is 1280. The van der Waals surface area contributed by atoms with Gasteiger partial charge in [-0.2, -0.15) is 0 Å². The molecule has 6 nitrogen and oxygen atoms in total. The predicted molar refractivity (Wildman–Crippen MR) is 158 cm³/mol. The zero-order valence-electron chi connectivity index (χ0n) is 24.4. The number of ether oxygens (including phenoxy) is 2. The molecule has 2 aromatic rings. The molecule has 1 unspecified atom stereocenters. The van der Waals surface area contributed by atoms with Gasteiger partial charge in [-0.15, -0.1) is 0 Å². The largest absolute Gasteiger partial charge is 0.543 e. The van der Waals surface area contributed by atoms with Crippen molar-refractivity contribution in [3.63, 3.8) is 0 Å². The Morgan fingerprint density at radius 2 is 1.37 bits per heavy atom. The molecule has 0 saturated heterocycles. The highest BCUT2D eigenvalue weighted by molar-refractivity contribution is 6.75. The molecule has 0 aromatic heterocycles. The van der Waals surface area contributed by atoms with Gasteiger partial charge in [0.05, 0.1) is 6.42 Å². The lowest BCUT2D eigenvalue weighted by Crippen LogP contribution is -2.43. The number of rotatable bonds is 6. The fraction of sp³-hybridized carbons (Fsp3) is 0.500. The predicted octanol–water partition coefficient (Wildman–Crippen LogP) is 7.99. The summed E-state index contributed by atoms with van der Waals surface area (Å²) in [5.74, 6) is 1.94. The molecule has 0 amide bonds. The van der Waals surface area contributed by atoms with Gasteiger partial charge in [0, 0.05) is 34.4 Å². The van der Waals surface area contributed by atoms with Gasteiger partial charge in [-0.25, -0.2) is 0 Å². The summed E-state index contributed by atoms with van der Waals surface area (Å²) in [7, 11) is -4.07. The van der Waals surface area contributed by atoms with E-state index >= 15 is 0 Å². The highest BCUT2D eigenvalue weighted by Gasteiger charge is 2.41. The van der Waals surface area contributed by atoms with Gasteiger partial charge in [0.1, 0.15) is 35.7 Å². The molecular formula is C30H42O6Si2. The van der Waals surface area contributed by atoms with E-state index in [0.717, 1.165) is 33.8 Å². The van der Waals surface area contributed by atoms with Gasteiger partial charge in [-0.05, 0) is 60.5 Å². The Morgan fingerprint density at radius 3 is 1.87 bits per heavy atom. The van der Waals surface area contributed by atoms with E-state index in [4.69, 9.17) is 18.3 Å². The van der Waals surface area contributed by atoms with Crippen LogP contribution in [0, 0.1) is 0 Å². The van der Waals surface area contributed by atoms with Gasteiger partial charge < -0.3 is 23.4 Å². The average molecular weight is 555 g/mol. The number of aliphatic carboxylic acids is 1. The van der Waals surface area contributed by atoms with Gasteiger partial charge >= 0.3 is 5.97 Å². The second kappa shape index (κ2) is 9.48. The van der Waals surface area contributed by atoms with Gasteiger partial charge in [0.25, 0.3) is 0 Å². The van der Waals surface area contributed by atoms with E-state index in [1.807, 2.05) is 36.4 Å². The van der Waals surface area contributed by atoms with E-state index in [2.05, 4.69) is 67.7 Å². The van der Waals surface area contributed by atoms with Crippen molar-refractivity contribution in [2.24, 2.45) is 0 Å². The van der Waals surface area contributed by atoms with E-state index in [-0.39, 0.29) is 16.5 Å². The molecule has 2 heterocycles. The van der Waals surface area contributed by atoms with Gasteiger partial charge in [-0.3, -0.25) is 4.79 Å². The smallest absolute Gasteiger partial charge is 0.307 e. The minimum Gasteiger partial charge on any atom is -0.543 e. The van der Waals surface area contributed by atoms with E-state index in [9.17, 15) is 9.90 Å². The first-order valence-corrected chi connectivity index (χ1v) is 19.1. The molecule has 2 aliphatic rings. The van der Waals surface area contributed by atoms with Crippen molar-refractivity contribution in [2.45, 2.75) is 90.3 Å². The first kappa shape index (κ1) is 28.3. The van der Waals surface area contributed by atoms with Crippen LogP contribution in [-0.2, 0) is 4.79 Å². The SMILES string of the molecule is CC(C)(C)[Si](C)(C)Oc1ccc2c(c1)OC(CC(=O)O)C1=C2COc2cc(O[Si](C)(C)C(C)(C)C)ccc21. The second-order valence-corrected chi connectivity index (χ2v) is 22.9. The van der Waals surface area contributed by atoms with E-state index in [1.165, 1.54) is 0 Å². The highest BCUT2D eigenvalue weighted by atomic mass is 28.4. The average Bonchev–Trinajstić information content (AvgIpc) is 2.76. The Kier molecular flexibility index (Phi) is 7.06. The molecule has 1 atom stereocenters. The lowest BCUT2D eigenvalue weighted by molar-refractivity contribution is -0.138. The Morgan fingerprint density at radius 1 is 0.868 bits per heavy atom. The van der Waals surface area contributed by atoms with Gasteiger partial charge in [-0.1, -0.05) is 41.5 Å². The summed E-state index contributed by atoms with van der Waals surface area (Å²) in [4.78, 5) is 11.9. The molecular weight excluding hydrogens is 512 g/mol. The number of hydrogen-bond acceptors (Lipinski definition) is 5. The van der Waals surface area contributed by atoms with Crippen molar-refractivity contribution in [1.82, 2.24) is 0 Å². The van der Waals surface area contributed by atoms with Crippen LogP contribution in [0.2, 0.25) is 36.3 Å². The van der Waals surface area contributed by atoms with Crippen molar-refractivity contribution in [1.29, 1.82) is 0 Å². The molecule has 38 heavy (non-hydrogen) atoms. The van der Waals surface area contributed by atoms with Crippen molar-refractivity contribution in [2.75, 3.05) is 6.61 Å². The van der Waals surface area contributed by atoms with Crippen LogP contribution in [0.4, 0.5) is 0 Å². The molecule has 0 saturated carbocycles. The van der Waals surface area contributed by atoms with Crippen LogP contribution < -0.4 is 18.3 Å². The molecule has 0 radical (unpaired) electrons. The molecule has 206 valence electrons. The van der Waals surface area contributed by atoms with Crippen LogP contribution in [0.3, 0.4) is 0 Å². The molecule has 0 fully saturated rings. The van der Waals surface area contributed by atoms with Crippen LogP contribution in [0.1, 0.15) is 59.1 Å². The first-order valence-electron chi connectivity index (χ1n) is 13.3. The van der Waals surface area contributed by atoms with Gasteiger partial charge in [0.2, 0.25) is 16.6 Å². The summed E-state index contributed by atoms with van der Waals surface area (Å²) in [5, 5.41) is 9.85. The van der Waals surface area contributed by atoms with Crippen LogP contribution in [0.15, 0.2) is 36.4 Å². The van der Waals surface area contributed by atoms with E-state index < -0.39 is 28.7 Å². The number of benzene rings is 2. The van der Waals surface area contributed by atoms with Crippen molar-refractivity contribution >= 4 is 33.8 Å². The topological polar surface area (TPSA) is 74.2 Å². The van der Waals surface area contributed by atoms with E-state index in [0.29, 0.717) is 18.1 Å². The van der Waals surface area contributed by atoms with Crippen LogP contribution >= 0.6 is 0 Å². The summed E-state index contributed by atoms with van der Waals surface area (Å²) in [6.45, 7) is 22.4. The lowest BCUT2D eigenvalue weighted by Gasteiger charge is -2.38. The fourth-order valence-corrected chi connectivity index (χ4v) is 6.26. The summed E-state index contributed by atoms with van der Waals surface area (Å²) in [6, 6.07) is 11.8. The van der Waals surface area contributed by atoms with Crippen molar-refractivity contribution in [3.8, 4) is 23.0 Å². The Hall–Kier alpha value is -2.72. The third-order valence-corrected chi connectivity index (χ3v) is 17.2. The summed E-state index contributed by atoms with van der Waals surface area (Å²) >= 11 is 0. The fourth-order valence-electron chi connectivity index (χ4n) is 4.21. The molecule has 0 bridgehead atoms. The molecule has 1 N–H and O–H groups in total. The molecule has 4 rings (SSSR count). The van der Waals surface area contributed by atoms with Gasteiger partial charge in [0.15, 0.2) is 0 Å².